The fourth-order valence-electron chi connectivity index (χ4n) is 3.12. The van der Waals surface area contributed by atoms with Crippen LogP contribution in [0.15, 0.2) is 24.3 Å². The monoisotopic (exact) mass is 262 g/mol. The Balaban J connectivity index is 2.00. The first-order valence-electron chi connectivity index (χ1n) is 7.24. The van der Waals surface area contributed by atoms with E-state index in [4.69, 9.17) is 0 Å². The van der Waals surface area contributed by atoms with E-state index in [0.717, 1.165) is 12.1 Å². The standard InChI is InChI=1S/C16H26N2O/c1-13(14-8-4-5-9-15(14)19)17-12-16(18(2)3)10-6-7-11-16/h4-5,8-9,13,17,19H,6-7,10-12H2,1-3H3. The predicted molar refractivity (Wildman–Crippen MR) is 79.4 cm³/mol. The lowest BCUT2D eigenvalue weighted by molar-refractivity contribution is 0.150. The van der Waals surface area contributed by atoms with Gasteiger partial charge in [-0.1, -0.05) is 31.0 Å². The van der Waals surface area contributed by atoms with Crippen LogP contribution in [0.5, 0.6) is 5.75 Å². The fraction of sp³-hybridized carbons (Fsp3) is 0.625. The Bertz CT molecular complexity index is 411. The van der Waals surface area contributed by atoms with Crippen LogP contribution in [-0.4, -0.2) is 36.2 Å². The second-order valence-corrected chi connectivity index (χ2v) is 5.99. The van der Waals surface area contributed by atoms with Gasteiger partial charge in [-0.3, -0.25) is 0 Å². The Kier molecular flexibility index (Phi) is 4.48. The number of aromatic hydroxyl groups is 1. The second kappa shape index (κ2) is 5.93. The molecule has 1 saturated carbocycles. The number of para-hydroxylation sites is 1. The maximum Gasteiger partial charge on any atom is 0.120 e. The zero-order valence-corrected chi connectivity index (χ0v) is 12.3. The molecule has 1 aromatic rings. The Morgan fingerprint density at radius 1 is 1.26 bits per heavy atom. The average molecular weight is 262 g/mol. The van der Waals surface area contributed by atoms with Crippen LogP contribution in [0, 0.1) is 0 Å². The van der Waals surface area contributed by atoms with Crippen molar-refractivity contribution in [3.8, 4) is 5.75 Å². The third-order valence-electron chi connectivity index (χ3n) is 4.62. The van der Waals surface area contributed by atoms with E-state index in [-0.39, 0.29) is 6.04 Å². The van der Waals surface area contributed by atoms with Crippen molar-refractivity contribution in [3.05, 3.63) is 29.8 Å². The van der Waals surface area contributed by atoms with Crippen molar-refractivity contribution in [2.75, 3.05) is 20.6 Å². The van der Waals surface area contributed by atoms with E-state index in [9.17, 15) is 5.11 Å². The molecule has 0 radical (unpaired) electrons. The number of nitrogens with zero attached hydrogens (tertiary/aromatic N) is 1. The molecule has 0 spiro atoms. The zero-order chi connectivity index (χ0) is 13.9. The molecule has 0 heterocycles. The SMILES string of the molecule is CC(NCC1(N(C)C)CCCC1)c1ccccc1O. The van der Waals surface area contributed by atoms with Gasteiger partial charge in [-0.2, -0.15) is 0 Å². The smallest absolute Gasteiger partial charge is 0.120 e. The summed E-state index contributed by atoms with van der Waals surface area (Å²) in [4.78, 5) is 2.37. The number of benzene rings is 1. The lowest BCUT2D eigenvalue weighted by atomic mass is 9.95. The largest absolute Gasteiger partial charge is 0.508 e. The van der Waals surface area contributed by atoms with Gasteiger partial charge in [0.1, 0.15) is 5.75 Å². The topological polar surface area (TPSA) is 35.5 Å². The number of phenols is 1. The molecule has 106 valence electrons. The van der Waals surface area contributed by atoms with Crippen molar-refractivity contribution in [3.63, 3.8) is 0 Å². The van der Waals surface area contributed by atoms with Crippen molar-refractivity contribution in [2.24, 2.45) is 0 Å². The number of nitrogens with one attached hydrogen (secondary N) is 1. The average Bonchev–Trinajstić information content (AvgIpc) is 2.86. The Labute approximate surface area is 116 Å². The summed E-state index contributed by atoms with van der Waals surface area (Å²) in [6, 6.07) is 7.77. The predicted octanol–water partition coefficient (Wildman–Crippen LogP) is 2.92. The van der Waals surface area contributed by atoms with Crippen LogP contribution in [0.2, 0.25) is 0 Å². The number of hydrogen-bond donors (Lipinski definition) is 2. The molecule has 0 bridgehead atoms. The molecule has 2 N–H and O–H groups in total. The minimum Gasteiger partial charge on any atom is -0.508 e. The zero-order valence-electron chi connectivity index (χ0n) is 12.3. The molecular formula is C16H26N2O. The van der Waals surface area contributed by atoms with Gasteiger partial charge in [0.2, 0.25) is 0 Å². The van der Waals surface area contributed by atoms with Crippen LogP contribution < -0.4 is 5.32 Å². The van der Waals surface area contributed by atoms with Gasteiger partial charge >= 0.3 is 0 Å². The molecule has 19 heavy (non-hydrogen) atoms. The summed E-state index contributed by atoms with van der Waals surface area (Å²) in [7, 11) is 4.36. The Morgan fingerprint density at radius 2 is 1.89 bits per heavy atom. The normalized spacial score (nSPS) is 19.8. The van der Waals surface area contributed by atoms with Crippen LogP contribution in [0.1, 0.15) is 44.2 Å². The van der Waals surface area contributed by atoms with Crippen LogP contribution in [-0.2, 0) is 0 Å². The molecule has 1 atom stereocenters. The first kappa shape index (κ1) is 14.4. The molecule has 1 fully saturated rings. The van der Waals surface area contributed by atoms with Gasteiger partial charge in [-0.25, -0.2) is 0 Å². The van der Waals surface area contributed by atoms with Crippen molar-refractivity contribution in [1.29, 1.82) is 0 Å². The maximum absolute atomic E-state index is 9.90. The van der Waals surface area contributed by atoms with Gasteiger partial charge < -0.3 is 15.3 Å². The van der Waals surface area contributed by atoms with Gasteiger partial charge in [0, 0.05) is 23.7 Å². The second-order valence-electron chi connectivity index (χ2n) is 5.99. The molecular weight excluding hydrogens is 236 g/mol. The van der Waals surface area contributed by atoms with Crippen LogP contribution in [0.3, 0.4) is 0 Å². The van der Waals surface area contributed by atoms with E-state index in [1.54, 1.807) is 6.07 Å². The Morgan fingerprint density at radius 3 is 2.47 bits per heavy atom. The molecule has 0 saturated heterocycles. The molecule has 0 aliphatic heterocycles. The maximum atomic E-state index is 9.90. The Hall–Kier alpha value is -1.06. The highest BCUT2D eigenvalue weighted by Crippen LogP contribution is 2.34. The summed E-state index contributed by atoms with van der Waals surface area (Å²) < 4.78 is 0. The van der Waals surface area contributed by atoms with E-state index in [0.29, 0.717) is 11.3 Å². The lowest BCUT2D eigenvalue weighted by Gasteiger charge is -2.37. The summed E-state index contributed by atoms with van der Waals surface area (Å²) in [5, 5.41) is 13.5. The third-order valence-corrected chi connectivity index (χ3v) is 4.62. The van der Waals surface area contributed by atoms with Crippen LogP contribution in [0.25, 0.3) is 0 Å². The highest BCUT2D eigenvalue weighted by Gasteiger charge is 2.35. The summed E-state index contributed by atoms with van der Waals surface area (Å²) >= 11 is 0. The summed E-state index contributed by atoms with van der Waals surface area (Å²) in [5.41, 5.74) is 1.27. The molecule has 3 heteroatoms. The first-order valence-corrected chi connectivity index (χ1v) is 7.24. The molecule has 2 rings (SSSR count). The van der Waals surface area contributed by atoms with Crippen LogP contribution >= 0.6 is 0 Å². The lowest BCUT2D eigenvalue weighted by Crippen LogP contribution is -2.50. The van der Waals surface area contributed by atoms with E-state index in [2.05, 4.69) is 31.2 Å². The van der Waals surface area contributed by atoms with E-state index < -0.39 is 0 Å². The summed E-state index contributed by atoms with van der Waals surface area (Å²) in [5.74, 6) is 0.382. The third kappa shape index (κ3) is 3.10. The van der Waals surface area contributed by atoms with E-state index >= 15 is 0 Å². The van der Waals surface area contributed by atoms with E-state index in [1.165, 1.54) is 25.7 Å². The van der Waals surface area contributed by atoms with E-state index in [1.807, 2.05) is 18.2 Å². The first-order chi connectivity index (χ1) is 9.05. The molecule has 1 aromatic carbocycles. The van der Waals surface area contributed by atoms with Crippen molar-refractivity contribution in [1.82, 2.24) is 10.2 Å². The minimum absolute atomic E-state index is 0.179. The molecule has 0 amide bonds. The van der Waals surface area contributed by atoms with Gasteiger partial charge in [-0.05, 0) is 39.9 Å². The van der Waals surface area contributed by atoms with Crippen molar-refractivity contribution < 1.29 is 5.11 Å². The molecule has 1 aliphatic rings. The van der Waals surface area contributed by atoms with Gasteiger partial charge in [0.15, 0.2) is 0 Å². The number of rotatable bonds is 5. The van der Waals surface area contributed by atoms with Gasteiger partial charge in [0.25, 0.3) is 0 Å². The number of phenolic OH excluding ortho intramolecular Hbond substituents is 1. The molecule has 3 nitrogen and oxygen atoms in total. The highest BCUT2D eigenvalue weighted by atomic mass is 16.3. The summed E-state index contributed by atoms with van der Waals surface area (Å²) in [6.07, 6.45) is 5.18. The number of hydrogen-bond acceptors (Lipinski definition) is 3. The van der Waals surface area contributed by atoms with Gasteiger partial charge in [-0.15, -0.1) is 0 Å². The van der Waals surface area contributed by atoms with Gasteiger partial charge in [0.05, 0.1) is 0 Å². The molecule has 1 aliphatic carbocycles. The van der Waals surface area contributed by atoms with Crippen molar-refractivity contribution >= 4 is 0 Å². The molecule has 1 unspecified atom stereocenters. The number of likely N-dealkylation sites (N-methyl/N-ethyl adjacent to an activating group) is 1. The quantitative estimate of drug-likeness (QED) is 0.856. The van der Waals surface area contributed by atoms with Crippen LogP contribution in [0.4, 0.5) is 0 Å². The highest BCUT2D eigenvalue weighted by molar-refractivity contribution is 5.34. The summed E-state index contributed by atoms with van der Waals surface area (Å²) in [6.45, 7) is 3.10. The fourth-order valence-corrected chi connectivity index (χ4v) is 3.12. The van der Waals surface area contributed by atoms with Crippen molar-refractivity contribution in [2.45, 2.75) is 44.2 Å². The minimum atomic E-state index is 0.179. The molecule has 0 aromatic heterocycles.